The average Bonchev–Trinajstić information content (AvgIpc) is 2.26. The van der Waals surface area contributed by atoms with Crippen LogP contribution in [0, 0.1) is 0 Å². The van der Waals surface area contributed by atoms with Crippen LogP contribution in [-0.4, -0.2) is 28.4 Å². The Morgan fingerprint density at radius 1 is 1.46 bits per heavy atom. The van der Waals surface area contributed by atoms with Crippen molar-refractivity contribution in [3.63, 3.8) is 0 Å². The summed E-state index contributed by atoms with van der Waals surface area (Å²) in [6.07, 6.45) is 2.17. The van der Waals surface area contributed by atoms with E-state index in [9.17, 15) is 4.79 Å². The van der Waals surface area contributed by atoms with Crippen LogP contribution in [0.3, 0.4) is 0 Å². The van der Waals surface area contributed by atoms with Gasteiger partial charge in [-0.2, -0.15) is 0 Å². The summed E-state index contributed by atoms with van der Waals surface area (Å²) >= 11 is 0. The molecule has 0 atom stereocenters. The quantitative estimate of drug-likeness (QED) is 0.664. The zero-order chi connectivity index (χ0) is 10.3. The number of amides is 1. The lowest BCUT2D eigenvalue weighted by Crippen LogP contribution is -2.55. The maximum Gasteiger partial charge on any atom is 0.242 e. The summed E-state index contributed by atoms with van der Waals surface area (Å²) in [4.78, 5) is 13.8. The highest BCUT2D eigenvalue weighted by Gasteiger charge is 2.39. The number of hydrogen-bond donors (Lipinski definition) is 1. The van der Waals surface area contributed by atoms with Crippen molar-refractivity contribution in [2.24, 2.45) is 5.73 Å². The zero-order valence-electron chi connectivity index (χ0n) is 9.05. The SMILES string of the molecule is CC(C)(N)C(=O)N1CCCC1(C)C. The van der Waals surface area contributed by atoms with Gasteiger partial charge in [-0.15, -0.1) is 0 Å². The van der Waals surface area contributed by atoms with Crippen molar-refractivity contribution in [1.82, 2.24) is 4.90 Å². The fraction of sp³-hybridized carbons (Fsp3) is 0.900. The first-order valence-electron chi connectivity index (χ1n) is 4.86. The van der Waals surface area contributed by atoms with Gasteiger partial charge in [-0.05, 0) is 40.5 Å². The first kappa shape index (κ1) is 10.5. The van der Waals surface area contributed by atoms with E-state index in [1.807, 2.05) is 4.90 Å². The lowest BCUT2D eigenvalue weighted by molar-refractivity contribution is -0.139. The van der Waals surface area contributed by atoms with Gasteiger partial charge in [0.2, 0.25) is 5.91 Å². The fourth-order valence-corrected chi connectivity index (χ4v) is 1.83. The first-order chi connectivity index (χ1) is 5.75. The minimum absolute atomic E-state index is 0.00623. The van der Waals surface area contributed by atoms with Crippen LogP contribution < -0.4 is 5.73 Å². The third-order valence-corrected chi connectivity index (χ3v) is 2.70. The minimum Gasteiger partial charge on any atom is -0.336 e. The third-order valence-electron chi connectivity index (χ3n) is 2.70. The molecule has 1 saturated heterocycles. The molecule has 0 aromatic carbocycles. The molecule has 0 spiro atoms. The van der Waals surface area contributed by atoms with Gasteiger partial charge in [0.1, 0.15) is 0 Å². The molecule has 0 radical (unpaired) electrons. The van der Waals surface area contributed by atoms with Gasteiger partial charge in [0.25, 0.3) is 0 Å². The topological polar surface area (TPSA) is 46.3 Å². The van der Waals surface area contributed by atoms with E-state index in [1.54, 1.807) is 13.8 Å². The maximum absolute atomic E-state index is 11.9. The molecule has 1 amide bonds. The summed E-state index contributed by atoms with van der Waals surface area (Å²) in [5.74, 6) is 0.0648. The highest BCUT2D eigenvalue weighted by atomic mass is 16.2. The van der Waals surface area contributed by atoms with Crippen molar-refractivity contribution in [3.8, 4) is 0 Å². The van der Waals surface area contributed by atoms with E-state index >= 15 is 0 Å². The van der Waals surface area contributed by atoms with Crippen LogP contribution in [0.4, 0.5) is 0 Å². The monoisotopic (exact) mass is 184 g/mol. The summed E-state index contributed by atoms with van der Waals surface area (Å²) < 4.78 is 0. The molecule has 3 heteroatoms. The Bertz CT molecular complexity index is 215. The molecule has 0 aliphatic carbocycles. The van der Waals surface area contributed by atoms with Crippen LogP contribution >= 0.6 is 0 Å². The number of nitrogens with zero attached hydrogens (tertiary/aromatic N) is 1. The van der Waals surface area contributed by atoms with E-state index in [1.165, 1.54) is 0 Å². The third kappa shape index (κ3) is 2.02. The van der Waals surface area contributed by atoms with Crippen LogP contribution in [0.5, 0.6) is 0 Å². The summed E-state index contributed by atoms with van der Waals surface area (Å²) in [5, 5.41) is 0. The first-order valence-corrected chi connectivity index (χ1v) is 4.86. The number of nitrogens with two attached hydrogens (primary N) is 1. The Balaban J connectivity index is 2.79. The molecule has 76 valence electrons. The van der Waals surface area contributed by atoms with Crippen molar-refractivity contribution in [1.29, 1.82) is 0 Å². The van der Waals surface area contributed by atoms with Gasteiger partial charge >= 0.3 is 0 Å². The summed E-state index contributed by atoms with van der Waals surface area (Å²) in [6.45, 7) is 8.59. The molecule has 2 N–H and O–H groups in total. The molecule has 0 saturated carbocycles. The van der Waals surface area contributed by atoms with Crippen LogP contribution in [0.25, 0.3) is 0 Å². The van der Waals surface area contributed by atoms with E-state index in [2.05, 4.69) is 13.8 Å². The standard InChI is InChI=1S/C10H20N2O/c1-9(2)6-5-7-12(9)8(13)10(3,4)11/h5-7,11H2,1-4H3. The van der Waals surface area contributed by atoms with Crippen LogP contribution in [0.15, 0.2) is 0 Å². The van der Waals surface area contributed by atoms with Crippen molar-refractivity contribution in [2.45, 2.75) is 51.6 Å². The molecular formula is C10H20N2O. The van der Waals surface area contributed by atoms with Gasteiger partial charge in [0.15, 0.2) is 0 Å². The molecule has 0 unspecified atom stereocenters. The van der Waals surface area contributed by atoms with Crippen molar-refractivity contribution >= 4 is 5.91 Å². The fourth-order valence-electron chi connectivity index (χ4n) is 1.83. The molecular weight excluding hydrogens is 164 g/mol. The Kier molecular flexibility index (Phi) is 2.41. The molecule has 3 nitrogen and oxygen atoms in total. The smallest absolute Gasteiger partial charge is 0.242 e. The number of carbonyl (C=O) groups is 1. The van der Waals surface area contributed by atoms with Gasteiger partial charge in [-0.1, -0.05) is 0 Å². The summed E-state index contributed by atoms with van der Waals surface area (Å²) in [7, 11) is 0. The van der Waals surface area contributed by atoms with E-state index in [4.69, 9.17) is 5.73 Å². The van der Waals surface area contributed by atoms with Gasteiger partial charge in [0.05, 0.1) is 5.54 Å². The second-order valence-electron chi connectivity index (χ2n) is 5.09. The van der Waals surface area contributed by atoms with Crippen molar-refractivity contribution in [2.75, 3.05) is 6.54 Å². The normalized spacial score (nSPS) is 22.1. The molecule has 1 heterocycles. The second-order valence-corrected chi connectivity index (χ2v) is 5.09. The van der Waals surface area contributed by atoms with Crippen LogP contribution in [-0.2, 0) is 4.79 Å². The highest BCUT2D eigenvalue weighted by molar-refractivity contribution is 5.86. The van der Waals surface area contributed by atoms with Gasteiger partial charge in [-0.25, -0.2) is 0 Å². The Labute approximate surface area is 80.3 Å². The predicted octanol–water partition coefficient (Wildman–Crippen LogP) is 1.12. The average molecular weight is 184 g/mol. The predicted molar refractivity (Wildman–Crippen MR) is 53.3 cm³/mol. The summed E-state index contributed by atoms with van der Waals surface area (Å²) in [6, 6.07) is 0. The van der Waals surface area contributed by atoms with Crippen molar-refractivity contribution < 1.29 is 4.79 Å². The van der Waals surface area contributed by atoms with E-state index in [0.29, 0.717) is 0 Å². The highest BCUT2D eigenvalue weighted by Crippen LogP contribution is 2.29. The molecule has 0 aromatic rings. The van der Waals surface area contributed by atoms with Gasteiger partial charge in [-0.3, -0.25) is 4.79 Å². The van der Waals surface area contributed by atoms with Crippen LogP contribution in [0.2, 0.25) is 0 Å². The molecule has 1 aliphatic rings. The minimum atomic E-state index is -0.735. The number of rotatable bonds is 1. The zero-order valence-corrected chi connectivity index (χ0v) is 9.05. The molecule has 1 aliphatic heterocycles. The largest absolute Gasteiger partial charge is 0.336 e. The number of likely N-dealkylation sites (tertiary alicyclic amines) is 1. The Morgan fingerprint density at radius 2 is 2.00 bits per heavy atom. The summed E-state index contributed by atoms with van der Waals surface area (Å²) in [5.41, 5.74) is 5.05. The van der Waals surface area contributed by atoms with E-state index in [0.717, 1.165) is 19.4 Å². The number of carbonyl (C=O) groups excluding carboxylic acids is 1. The molecule has 0 bridgehead atoms. The molecule has 0 aromatic heterocycles. The number of hydrogen-bond acceptors (Lipinski definition) is 2. The lowest BCUT2D eigenvalue weighted by Gasteiger charge is -2.36. The Morgan fingerprint density at radius 3 is 2.31 bits per heavy atom. The van der Waals surface area contributed by atoms with Gasteiger partial charge in [0, 0.05) is 12.1 Å². The van der Waals surface area contributed by atoms with E-state index < -0.39 is 5.54 Å². The maximum atomic E-state index is 11.9. The molecule has 1 fully saturated rings. The Hall–Kier alpha value is -0.570. The molecule has 1 rings (SSSR count). The van der Waals surface area contributed by atoms with E-state index in [-0.39, 0.29) is 11.4 Å². The second kappa shape index (κ2) is 2.98. The van der Waals surface area contributed by atoms with Crippen LogP contribution in [0.1, 0.15) is 40.5 Å². The lowest BCUT2D eigenvalue weighted by atomic mass is 9.98. The molecule has 13 heavy (non-hydrogen) atoms. The van der Waals surface area contributed by atoms with Gasteiger partial charge < -0.3 is 10.6 Å². The van der Waals surface area contributed by atoms with Crippen molar-refractivity contribution in [3.05, 3.63) is 0 Å².